The van der Waals surface area contributed by atoms with Gasteiger partial charge in [0.2, 0.25) is 0 Å². The van der Waals surface area contributed by atoms with Crippen LogP contribution in [-0.4, -0.2) is 39.0 Å². The van der Waals surface area contributed by atoms with Crippen molar-refractivity contribution in [2.75, 3.05) is 6.61 Å². The van der Waals surface area contributed by atoms with Crippen LogP contribution in [0.1, 0.15) is 38.2 Å². The van der Waals surface area contributed by atoms with Gasteiger partial charge in [-0.3, -0.25) is 0 Å². The molecule has 28 heavy (non-hydrogen) atoms. The largest absolute Gasteiger partial charge is 0.461 e. The number of thiazole rings is 1. The highest BCUT2D eigenvalue weighted by molar-refractivity contribution is 7.18. The summed E-state index contributed by atoms with van der Waals surface area (Å²) >= 11 is 1.32. The molecular formula is C20H21N3O4S. The van der Waals surface area contributed by atoms with Crippen molar-refractivity contribution in [1.82, 2.24) is 14.8 Å². The SMILES string of the molecule is CCOC(=O)c1nc(-c2ccccc2)sc1-c1ccn(C(=O)OC(C)(C)C)n1. The second-order valence-electron chi connectivity index (χ2n) is 6.91. The quantitative estimate of drug-likeness (QED) is 0.595. The number of ether oxygens (including phenoxy) is 2. The van der Waals surface area contributed by atoms with Crippen LogP contribution < -0.4 is 0 Å². The Morgan fingerprint density at radius 3 is 2.50 bits per heavy atom. The van der Waals surface area contributed by atoms with Crippen LogP contribution in [0.4, 0.5) is 4.79 Å². The van der Waals surface area contributed by atoms with Crippen molar-refractivity contribution < 1.29 is 19.1 Å². The molecule has 0 aliphatic carbocycles. The van der Waals surface area contributed by atoms with E-state index in [2.05, 4.69) is 10.1 Å². The third-order valence-corrected chi connectivity index (χ3v) is 4.65. The fraction of sp³-hybridized carbons (Fsp3) is 0.300. The molecule has 0 fully saturated rings. The van der Waals surface area contributed by atoms with Gasteiger partial charge in [-0.05, 0) is 33.8 Å². The van der Waals surface area contributed by atoms with Crippen LogP contribution in [0.3, 0.4) is 0 Å². The van der Waals surface area contributed by atoms with E-state index >= 15 is 0 Å². The number of aromatic nitrogens is 3. The molecule has 3 aromatic rings. The first-order chi connectivity index (χ1) is 13.3. The van der Waals surface area contributed by atoms with Gasteiger partial charge in [-0.2, -0.15) is 9.78 Å². The lowest BCUT2D eigenvalue weighted by molar-refractivity contribution is 0.0509. The number of hydrogen-bond donors (Lipinski definition) is 0. The van der Waals surface area contributed by atoms with E-state index in [1.165, 1.54) is 17.5 Å². The molecule has 0 saturated carbocycles. The summed E-state index contributed by atoms with van der Waals surface area (Å²) in [5, 5.41) is 4.95. The maximum absolute atomic E-state index is 12.4. The fourth-order valence-electron chi connectivity index (χ4n) is 2.39. The maximum Gasteiger partial charge on any atom is 0.435 e. The second-order valence-corrected chi connectivity index (χ2v) is 7.91. The third-order valence-electron chi connectivity index (χ3n) is 3.52. The van der Waals surface area contributed by atoms with E-state index in [4.69, 9.17) is 9.47 Å². The van der Waals surface area contributed by atoms with Crippen LogP contribution in [0.15, 0.2) is 42.6 Å². The van der Waals surface area contributed by atoms with Gasteiger partial charge in [-0.1, -0.05) is 30.3 Å². The van der Waals surface area contributed by atoms with Gasteiger partial charge in [-0.15, -0.1) is 11.3 Å². The van der Waals surface area contributed by atoms with Gasteiger partial charge in [0.15, 0.2) is 5.69 Å². The van der Waals surface area contributed by atoms with Gasteiger partial charge in [-0.25, -0.2) is 14.6 Å². The number of rotatable bonds is 4. The maximum atomic E-state index is 12.4. The number of carbonyl (C=O) groups is 2. The summed E-state index contributed by atoms with van der Waals surface area (Å²) in [4.78, 5) is 29.6. The van der Waals surface area contributed by atoms with Gasteiger partial charge in [0.1, 0.15) is 16.3 Å². The lowest BCUT2D eigenvalue weighted by atomic mass is 10.2. The highest BCUT2D eigenvalue weighted by atomic mass is 32.1. The fourth-order valence-corrected chi connectivity index (χ4v) is 3.41. The summed E-state index contributed by atoms with van der Waals surface area (Å²) in [5.41, 5.74) is 0.883. The minimum Gasteiger partial charge on any atom is -0.461 e. The summed E-state index contributed by atoms with van der Waals surface area (Å²) in [6, 6.07) is 11.2. The molecule has 1 aromatic carbocycles. The second kappa shape index (κ2) is 7.93. The molecule has 0 atom stereocenters. The molecular weight excluding hydrogens is 378 g/mol. The van der Waals surface area contributed by atoms with Crippen LogP contribution in [-0.2, 0) is 9.47 Å². The van der Waals surface area contributed by atoms with Gasteiger partial charge in [0.25, 0.3) is 0 Å². The van der Waals surface area contributed by atoms with Gasteiger partial charge < -0.3 is 9.47 Å². The summed E-state index contributed by atoms with van der Waals surface area (Å²) in [6.45, 7) is 7.32. The minimum atomic E-state index is -0.635. The van der Waals surface area contributed by atoms with E-state index in [-0.39, 0.29) is 12.3 Å². The normalized spacial score (nSPS) is 11.3. The molecule has 0 spiro atoms. The van der Waals surface area contributed by atoms with Gasteiger partial charge in [0, 0.05) is 11.8 Å². The summed E-state index contributed by atoms with van der Waals surface area (Å²) in [7, 11) is 0. The monoisotopic (exact) mass is 399 g/mol. The number of nitrogens with zero attached hydrogens (tertiary/aromatic N) is 3. The number of benzene rings is 1. The van der Waals surface area contributed by atoms with E-state index in [0.717, 1.165) is 10.2 Å². The van der Waals surface area contributed by atoms with E-state index < -0.39 is 17.7 Å². The molecule has 3 rings (SSSR count). The Kier molecular flexibility index (Phi) is 5.60. The molecule has 0 bridgehead atoms. The summed E-state index contributed by atoms with van der Waals surface area (Å²) < 4.78 is 11.6. The van der Waals surface area contributed by atoms with Crippen molar-refractivity contribution in [3.63, 3.8) is 0 Å². The van der Waals surface area contributed by atoms with Crippen LogP contribution in [0.25, 0.3) is 21.1 Å². The molecule has 0 amide bonds. The van der Waals surface area contributed by atoms with Crippen molar-refractivity contribution in [2.45, 2.75) is 33.3 Å². The first-order valence-corrected chi connectivity index (χ1v) is 9.63. The standard InChI is InChI=1S/C20H21N3O4S/c1-5-26-18(24)15-16(28-17(21-15)13-9-7-6-8-10-13)14-11-12-23(22-14)19(25)27-20(2,3)4/h6-12H,5H2,1-4H3. The highest BCUT2D eigenvalue weighted by Gasteiger charge is 2.24. The van der Waals surface area contributed by atoms with Crippen LogP contribution >= 0.6 is 11.3 Å². The zero-order chi connectivity index (χ0) is 20.3. The Balaban J connectivity index is 2.00. The Morgan fingerprint density at radius 1 is 1.14 bits per heavy atom. The Bertz CT molecular complexity index is 987. The average Bonchev–Trinajstić information content (AvgIpc) is 3.28. The smallest absolute Gasteiger partial charge is 0.435 e. The van der Waals surface area contributed by atoms with E-state index in [1.807, 2.05) is 30.3 Å². The van der Waals surface area contributed by atoms with Crippen LogP contribution in [0, 0.1) is 0 Å². The average molecular weight is 399 g/mol. The molecule has 0 N–H and O–H groups in total. The minimum absolute atomic E-state index is 0.181. The molecule has 7 nitrogen and oxygen atoms in total. The topological polar surface area (TPSA) is 83.3 Å². The molecule has 0 saturated heterocycles. The Hall–Kier alpha value is -3.00. The highest BCUT2D eigenvalue weighted by Crippen LogP contribution is 2.35. The zero-order valence-corrected chi connectivity index (χ0v) is 16.9. The van der Waals surface area contributed by atoms with Gasteiger partial charge in [0.05, 0.1) is 11.5 Å². The van der Waals surface area contributed by atoms with E-state index in [0.29, 0.717) is 15.6 Å². The Morgan fingerprint density at radius 2 is 1.86 bits per heavy atom. The molecule has 8 heteroatoms. The van der Waals surface area contributed by atoms with Crippen molar-refractivity contribution in [1.29, 1.82) is 0 Å². The molecule has 0 aliphatic rings. The molecule has 0 aliphatic heterocycles. The molecule has 2 aromatic heterocycles. The third kappa shape index (κ3) is 4.45. The molecule has 2 heterocycles. The predicted octanol–water partition coefficient (Wildman–Crippen LogP) is 4.63. The van der Waals surface area contributed by atoms with Crippen LogP contribution in [0.2, 0.25) is 0 Å². The van der Waals surface area contributed by atoms with E-state index in [9.17, 15) is 9.59 Å². The molecule has 146 valence electrons. The van der Waals surface area contributed by atoms with E-state index in [1.54, 1.807) is 33.8 Å². The first kappa shape index (κ1) is 19.8. The number of esters is 1. The number of carbonyl (C=O) groups excluding carboxylic acids is 2. The van der Waals surface area contributed by atoms with Crippen molar-refractivity contribution in [2.24, 2.45) is 0 Å². The molecule has 0 radical (unpaired) electrons. The predicted molar refractivity (Wildman–Crippen MR) is 106 cm³/mol. The zero-order valence-electron chi connectivity index (χ0n) is 16.1. The van der Waals surface area contributed by atoms with Crippen molar-refractivity contribution in [3.05, 3.63) is 48.3 Å². The summed E-state index contributed by atoms with van der Waals surface area (Å²) in [6.07, 6.45) is 0.907. The van der Waals surface area contributed by atoms with Crippen molar-refractivity contribution >= 4 is 23.4 Å². The summed E-state index contributed by atoms with van der Waals surface area (Å²) in [5.74, 6) is -0.525. The first-order valence-electron chi connectivity index (χ1n) is 8.81. The van der Waals surface area contributed by atoms with Gasteiger partial charge >= 0.3 is 12.1 Å². The lowest BCUT2D eigenvalue weighted by Gasteiger charge is -2.18. The van der Waals surface area contributed by atoms with Crippen molar-refractivity contribution in [3.8, 4) is 21.1 Å². The lowest BCUT2D eigenvalue weighted by Crippen LogP contribution is -2.27. The van der Waals surface area contributed by atoms with Crippen LogP contribution in [0.5, 0.6) is 0 Å². The molecule has 0 unspecified atom stereocenters. The number of hydrogen-bond acceptors (Lipinski definition) is 7. The Labute approximate surface area is 166 Å².